The molecule has 8 nitrogen and oxygen atoms in total. The molecule has 1 aliphatic carbocycles. The first kappa shape index (κ1) is 25.4. The van der Waals surface area contributed by atoms with Crippen LogP contribution in [-0.2, 0) is 16.6 Å². The first-order valence-corrected chi connectivity index (χ1v) is 12.8. The van der Waals surface area contributed by atoms with E-state index >= 15 is 0 Å². The highest BCUT2D eigenvalue weighted by molar-refractivity contribution is 7.09. The van der Waals surface area contributed by atoms with Gasteiger partial charge in [-0.15, -0.1) is 11.3 Å². The zero-order chi connectivity index (χ0) is 26.2. The fourth-order valence-electron chi connectivity index (χ4n) is 5.10. The summed E-state index contributed by atoms with van der Waals surface area (Å²) in [6.45, 7) is 1.27. The molecule has 0 radical (unpaired) electrons. The van der Waals surface area contributed by atoms with Crippen LogP contribution in [0.1, 0.15) is 41.8 Å². The Morgan fingerprint density at radius 3 is 2.68 bits per heavy atom. The fourth-order valence-corrected chi connectivity index (χ4v) is 5.88. The van der Waals surface area contributed by atoms with Crippen molar-refractivity contribution in [2.45, 2.75) is 49.5 Å². The van der Waals surface area contributed by atoms with Crippen molar-refractivity contribution in [3.63, 3.8) is 0 Å². The molecule has 0 bridgehead atoms. The van der Waals surface area contributed by atoms with Gasteiger partial charge >= 0.3 is 6.18 Å². The number of rotatable bonds is 6. The lowest BCUT2D eigenvalue weighted by Crippen LogP contribution is -2.63. The predicted molar refractivity (Wildman–Crippen MR) is 132 cm³/mol. The predicted octanol–water partition coefficient (Wildman–Crippen LogP) is 3.62. The highest BCUT2D eigenvalue weighted by Gasteiger charge is 2.41. The summed E-state index contributed by atoms with van der Waals surface area (Å²) in [5.74, 6) is -0.289. The molecule has 37 heavy (non-hydrogen) atoms. The Kier molecular flexibility index (Phi) is 6.78. The number of amides is 1. The van der Waals surface area contributed by atoms with Crippen LogP contribution < -0.4 is 10.6 Å². The van der Waals surface area contributed by atoms with E-state index < -0.39 is 17.3 Å². The van der Waals surface area contributed by atoms with Gasteiger partial charge < -0.3 is 15.7 Å². The Labute approximate surface area is 215 Å². The maximum absolute atomic E-state index is 13.2. The van der Waals surface area contributed by atoms with Crippen LogP contribution in [0.4, 0.5) is 18.9 Å². The topological polar surface area (TPSA) is 114 Å². The molecule has 1 amide bonds. The minimum atomic E-state index is -4.52. The zero-order valence-corrected chi connectivity index (χ0v) is 20.6. The third kappa shape index (κ3) is 5.39. The van der Waals surface area contributed by atoms with Gasteiger partial charge in [-0.3, -0.25) is 14.7 Å². The third-order valence-corrected chi connectivity index (χ3v) is 8.12. The van der Waals surface area contributed by atoms with Gasteiger partial charge in [0.25, 0.3) is 0 Å². The molecular formula is C25H25F3N6O2S. The van der Waals surface area contributed by atoms with E-state index in [1.54, 1.807) is 11.7 Å². The van der Waals surface area contributed by atoms with Crippen molar-refractivity contribution in [2.75, 3.05) is 25.0 Å². The van der Waals surface area contributed by atoms with Crippen LogP contribution in [0, 0.1) is 11.3 Å². The Hall–Kier alpha value is -3.27. The van der Waals surface area contributed by atoms with Crippen LogP contribution >= 0.6 is 11.3 Å². The molecule has 1 aliphatic heterocycles. The quantitative estimate of drug-likeness (QED) is 0.446. The number of alkyl halides is 3. The van der Waals surface area contributed by atoms with Gasteiger partial charge in [0.05, 0.1) is 34.1 Å². The molecule has 194 valence electrons. The molecule has 12 heteroatoms. The number of thiazole rings is 1. The second kappa shape index (κ2) is 9.89. The van der Waals surface area contributed by atoms with Crippen LogP contribution in [0.15, 0.2) is 36.0 Å². The number of hydrogen-bond donors (Lipinski definition) is 3. The van der Waals surface area contributed by atoms with Gasteiger partial charge in [0.1, 0.15) is 17.4 Å². The first-order chi connectivity index (χ1) is 17.6. The number of aromatic nitrogens is 2. The van der Waals surface area contributed by atoms with Crippen LogP contribution in [-0.4, -0.2) is 57.6 Å². The largest absolute Gasteiger partial charge is 0.416 e. The molecule has 2 fully saturated rings. The number of anilines is 1. The first-order valence-electron chi connectivity index (χ1n) is 12.0. The second-order valence-corrected chi connectivity index (χ2v) is 10.5. The molecule has 3 heterocycles. The Morgan fingerprint density at radius 1 is 1.27 bits per heavy atom. The number of nitrogens with zero attached hydrogens (tertiary/aromatic N) is 4. The van der Waals surface area contributed by atoms with Crippen molar-refractivity contribution < 1.29 is 23.1 Å². The second-order valence-electron chi connectivity index (χ2n) is 9.60. The highest BCUT2D eigenvalue weighted by Crippen LogP contribution is 2.40. The van der Waals surface area contributed by atoms with E-state index in [0.717, 1.165) is 29.9 Å². The van der Waals surface area contributed by atoms with E-state index in [4.69, 9.17) is 0 Å². The number of hydrogen-bond acceptors (Lipinski definition) is 8. The minimum absolute atomic E-state index is 0.0164. The Bertz CT molecular complexity index is 1330. The molecule has 3 N–H and O–H groups in total. The Morgan fingerprint density at radius 2 is 2.03 bits per heavy atom. The van der Waals surface area contributed by atoms with Gasteiger partial charge in [0, 0.05) is 36.4 Å². The van der Waals surface area contributed by atoms with E-state index in [1.807, 2.05) is 6.07 Å². The molecular weight excluding hydrogens is 505 g/mol. The highest BCUT2D eigenvalue weighted by atomic mass is 32.1. The fraction of sp³-hybridized carbons (Fsp3) is 0.440. The molecule has 0 atom stereocenters. The summed E-state index contributed by atoms with van der Waals surface area (Å²) in [6.07, 6.45) is 0.306. The molecule has 2 aromatic heterocycles. The summed E-state index contributed by atoms with van der Waals surface area (Å²) < 4.78 is 39.6. The van der Waals surface area contributed by atoms with Gasteiger partial charge in [0.2, 0.25) is 5.91 Å². The molecule has 1 saturated heterocycles. The average Bonchev–Trinajstić information content (AvgIpc) is 3.40. The van der Waals surface area contributed by atoms with E-state index in [2.05, 4.69) is 25.5 Å². The SMILES string of the molecule is N#Cc1cc(NCC(=O)NC2CN([C@H]3CC[C@](O)(c4cncs4)CC3)C2)c2cc(C(F)(F)F)ccc2n1. The number of likely N-dealkylation sites (tertiary alicyclic amines) is 1. The van der Waals surface area contributed by atoms with Gasteiger partial charge in [-0.25, -0.2) is 4.98 Å². The lowest BCUT2D eigenvalue weighted by atomic mass is 9.80. The average molecular weight is 531 g/mol. The maximum atomic E-state index is 13.2. The molecule has 0 unspecified atom stereocenters. The summed E-state index contributed by atoms with van der Waals surface area (Å²) in [4.78, 5) is 23.9. The number of pyridine rings is 1. The van der Waals surface area contributed by atoms with Crippen molar-refractivity contribution in [1.29, 1.82) is 5.26 Å². The molecule has 1 saturated carbocycles. The number of halogens is 3. The number of benzene rings is 1. The van der Waals surface area contributed by atoms with Crippen molar-refractivity contribution in [1.82, 2.24) is 20.2 Å². The van der Waals surface area contributed by atoms with Crippen molar-refractivity contribution in [2.24, 2.45) is 0 Å². The monoisotopic (exact) mass is 530 g/mol. The molecule has 0 spiro atoms. The summed E-state index contributed by atoms with van der Waals surface area (Å²) in [6, 6.07) is 6.68. The third-order valence-electron chi connectivity index (χ3n) is 7.15. The molecule has 2 aliphatic rings. The van der Waals surface area contributed by atoms with Crippen molar-refractivity contribution in [3.8, 4) is 6.07 Å². The van der Waals surface area contributed by atoms with Crippen LogP contribution in [0.2, 0.25) is 0 Å². The van der Waals surface area contributed by atoms with E-state index in [-0.39, 0.29) is 40.8 Å². The Balaban J connectivity index is 1.14. The summed E-state index contributed by atoms with van der Waals surface area (Å²) in [5, 5.41) is 26.1. The van der Waals surface area contributed by atoms with E-state index in [1.165, 1.54) is 23.5 Å². The number of fused-ring (bicyclic) bond motifs is 1. The molecule has 3 aromatic rings. The van der Waals surface area contributed by atoms with Gasteiger partial charge in [0.15, 0.2) is 0 Å². The standard InChI is InChI=1S/C25H25F3N6O2S/c26-25(27,28)15-1-2-20-19(7-15)21(8-16(9-29)32-20)31-11-23(35)33-17-12-34(13-17)18-3-5-24(36,6-4-18)22-10-30-14-37-22/h1-2,7-8,10,14,17-18,36H,3-6,11-13H2,(H,31,32)(H,33,35)/t18-,24+. The van der Waals surface area contributed by atoms with E-state index in [0.29, 0.717) is 32.0 Å². The van der Waals surface area contributed by atoms with Crippen LogP contribution in [0.3, 0.4) is 0 Å². The lowest BCUT2D eigenvalue weighted by molar-refractivity contribution is -0.137. The van der Waals surface area contributed by atoms with Crippen LogP contribution in [0.25, 0.3) is 10.9 Å². The number of nitrogens with one attached hydrogen (secondary N) is 2. The summed E-state index contributed by atoms with van der Waals surface area (Å²) in [7, 11) is 0. The summed E-state index contributed by atoms with van der Waals surface area (Å²) in [5.41, 5.74) is 0.621. The molecule has 5 rings (SSSR count). The zero-order valence-electron chi connectivity index (χ0n) is 19.8. The van der Waals surface area contributed by atoms with Gasteiger partial charge in [-0.05, 0) is 49.9 Å². The minimum Gasteiger partial charge on any atom is -0.384 e. The van der Waals surface area contributed by atoms with Crippen LogP contribution in [0.5, 0.6) is 0 Å². The molecule has 1 aromatic carbocycles. The smallest absolute Gasteiger partial charge is 0.384 e. The van der Waals surface area contributed by atoms with Crippen molar-refractivity contribution in [3.05, 3.63) is 52.1 Å². The van der Waals surface area contributed by atoms with Gasteiger partial charge in [-0.1, -0.05) is 0 Å². The lowest BCUT2D eigenvalue weighted by Gasteiger charge is -2.48. The van der Waals surface area contributed by atoms with Gasteiger partial charge in [-0.2, -0.15) is 18.4 Å². The summed E-state index contributed by atoms with van der Waals surface area (Å²) >= 11 is 1.47. The van der Waals surface area contributed by atoms with E-state index in [9.17, 15) is 28.3 Å². The number of aliphatic hydroxyl groups is 1. The number of carbonyl (C=O) groups excluding carboxylic acids is 1. The van der Waals surface area contributed by atoms with Crippen molar-refractivity contribution >= 4 is 33.8 Å². The normalized spacial score (nSPS) is 22.8. The number of nitriles is 1. The number of carbonyl (C=O) groups is 1. The maximum Gasteiger partial charge on any atom is 0.416 e.